The minimum absolute atomic E-state index is 0.296. The fraction of sp³-hybridized carbons (Fsp3) is 0.261. The summed E-state index contributed by atoms with van der Waals surface area (Å²) in [6.45, 7) is 4.38. The molecule has 0 saturated carbocycles. The summed E-state index contributed by atoms with van der Waals surface area (Å²) in [5.41, 5.74) is 8.84. The van der Waals surface area contributed by atoms with Crippen molar-refractivity contribution in [3.63, 3.8) is 0 Å². The van der Waals surface area contributed by atoms with E-state index >= 15 is 0 Å². The highest BCUT2D eigenvalue weighted by molar-refractivity contribution is 8.04. The summed E-state index contributed by atoms with van der Waals surface area (Å²) in [5, 5.41) is 9.42. The van der Waals surface area contributed by atoms with Crippen LogP contribution in [0.3, 0.4) is 0 Å². The number of imide groups is 1. The Balaban J connectivity index is 1.77. The number of benzene rings is 2. The number of amides is 2. The SMILES string of the molecule is CCOc1ccc([C@@H]2C(C#N)=C(N)S[C@H]3C(=O)N(c4ccc(C)cc4)C(=O)[C@@H]32)cc1. The molecule has 0 aromatic heterocycles. The van der Waals surface area contributed by atoms with Gasteiger partial charge in [0.1, 0.15) is 11.0 Å². The van der Waals surface area contributed by atoms with Crippen molar-refractivity contribution >= 4 is 29.3 Å². The predicted molar refractivity (Wildman–Crippen MR) is 116 cm³/mol. The van der Waals surface area contributed by atoms with E-state index in [1.807, 2.05) is 38.1 Å². The van der Waals surface area contributed by atoms with Gasteiger partial charge < -0.3 is 10.5 Å². The van der Waals surface area contributed by atoms with Gasteiger partial charge in [-0.15, -0.1) is 0 Å². The molecule has 2 amide bonds. The smallest absolute Gasteiger partial charge is 0.248 e. The van der Waals surface area contributed by atoms with Crippen LogP contribution in [0, 0.1) is 24.2 Å². The second kappa shape index (κ2) is 7.88. The van der Waals surface area contributed by atoms with Crippen LogP contribution < -0.4 is 15.4 Å². The molecule has 2 heterocycles. The van der Waals surface area contributed by atoms with Gasteiger partial charge in [0.15, 0.2) is 0 Å². The third-order valence-electron chi connectivity index (χ3n) is 5.45. The van der Waals surface area contributed by atoms with Crippen molar-refractivity contribution < 1.29 is 14.3 Å². The third kappa shape index (κ3) is 3.23. The molecule has 6 nitrogen and oxygen atoms in total. The molecule has 3 atom stereocenters. The molecule has 0 bridgehead atoms. The van der Waals surface area contributed by atoms with Gasteiger partial charge in [0.25, 0.3) is 0 Å². The van der Waals surface area contributed by atoms with E-state index in [0.717, 1.165) is 22.9 Å². The molecule has 7 heteroatoms. The highest BCUT2D eigenvalue weighted by Gasteiger charge is 2.56. The first-order chi connectivity index (χ1) is 14.5. The molecule has 2 N–H and O–H groups in total. The number of nitrogens with two attached hydrogens (primary N) is 1. The lowest BCUT2D eigenvalue weighted by Gasteiger charge is -2.30. The Morgan fingerprint density at radius 2 is 1.77 bits per heavy atom. The van der Waals surface area contributed by atoms with E-state index in [4.69, 9.17) is 10.5 Å². The van der Waals surface area contributed by atoms with Crippen LogP contribution >= 0.6 is 11.8 Å². The van der Waals surface area contributed by atoms with Crippen LogP contribution in [0.4, 0.5) is 5.69 Å². The monoisotopic (exact) mass is 419 g/mol. The Labute approximate surface area is 179 Å². The number of hydrogen-bond acceptors (Lipinski definition) is 6. The molecule has 2 aliphatic heterocycles. The Kier molecular flexibility index (Phi) is 5.27. The normalized spacial score (nSPS) is 23.4. The first kappa shape index (κ1) is 20.0. The lowest BCUT2D eigenvalue weighted by atomic mass is 9.79. The van der Waals surface area contributed by atoms with Gasteiger partial charge in [-0.2, -0.15) is 5.26 Å². The maximum absolute atomic E-state index is 13.5. The number of allylic oxidation sites excluding steroid dienone is 1. The topological polar surface area (TPSA) is 96.4 Å². The molecule has 2 aliphatic rings. The van der Waals surface area contributed by atoms with Crippen molar-refractivity contribution in [2.75, 3.05) is 11.5 Å². The number of nitrogens with zero attached hydrogens (tertiary/aromatic N) is 2. The van der Waals surface area contributed by atoms with Crippen LogP contribution in [-0.4, -0.2) is 23.7 Å². The zero-order valence-corrected chi connectivity index (χ0v) is 17.5. The average molecular weight is 420 g/mol. The van der Waals surface area contributed by atoms with Gasteiger partial charge in [-0.25, -0.2) is 4.90 Å². The number of hydrogen-bond donors (Lipinski definition) is 1. The average Bonchev–Trinajstić information content (AvgIpc) is 2.98. The van der Waals surface area contributed by atoms with E-state index in [0.29, 0.717) is 28.6 Å². The lowest BCUT2D eigenvalue weighted by Crippen LogP contribution is -2.33. The van der Waals surface area contributed by atoms with Crippen LogP contribution in [-0.2, 0) is 9.59 Å². The van der Waals surface area contributed by atoms with E-state index < -0.39 is 17.1 Å². The zero-order chi connectivity index (χ0) is 21.4. The van der Waals surface area contributed by atoms with Crippen LogP contribution in [0.2, 0.25) is 0 Å². The van der Waals surface area contributed by atoms with Crippen molar-refractivity contribution in [2.24, 2.45) is 11.7 Å². The zero-order valence-electron chi connectivity index (χ0n) is 16.7. The number of thioether (sulfide) groups is 1. The van der Waals surface area contributed by atoms with Crippen molar-refractivity contribution in [2.45, 2.75) is 25.0 Å². The number of nitriles is 1. The van der Waals surface area contributed by atoms with Crippen molar-refractivity contribution in [3.05, 3.63) is 70.3 Å². The number of ether oxygens (including phenoxy) is 1. The number of anilines is 1. The molecule has 0 spiro atoms. The van der Waals surface area contributed by atoms with E-state index in [9.17, 15) is 14.9 Å². The maximum Gasteiger partial charge on any atom is 0.248 e. The second-order valence-corrected chi connectivity index (χ2v) is 8.46. The summed E-state index contributed by atoms with van der Waals surface area (Å²) in [6.07, 6.45) is 0. The largest absolute Gasteiger partial charge is 0.494 e. The molecule has 152 valence electrons. The van der Waals surface area contributed by atoms with Crippen LogP contribution in [0.25, 0.3) is 0 Å². The fourth-order valence-electron chi connectivity index (χ4n) is 4.03. The Bertz CT molecular complexity index is 1070. The molecule has 0 aliphatic carbocycles. The van der Waals surface area contributed by atoms with Gasteiger partial charge in [-0.3, -0.25) is 9.59 Å². The molecule has 1 fully saturated rings. The van der Waals surface area contributed by atoms with Crippen LogP contribution in [0.15, 0.2) is 59.1 Å². The molecule has 1 saturated heterocycles. The predicted octanol–water partition coefficient (Wildman–Crippen LogP) is 3.48. The van der Waals surface area contributed by atoms with Gasteiger partial charge in [0.2, 0.25) is 11.8 Å². The molecule has 30 heavy (non-hydrogen) atoms. The summed E-state index contributed by atoms with van der Waals surface area (Å²) in [6, 6.07) is 16.7. The van der Waals surface area contributed by atoms with Crippen molar-refractivity contribution in [1.29, 1.82) is 5.26 Å². The quantitative estimate of drug-likeness (QED) is 0.762. The summed E-state index contributed by atoms with van der Waals surface area (Å²) < 4.78 is 5.50. The Hall–Kier alpha value is -3.24. The van der Waals surface area contributed by atoms with Crippen LogP contribution in [0.5, 0.6) is 5.75 Å². The highest BCUT2D eigenvalue weighted by atomic mass is 32.2. The summed E-state index contributed by atoms with van der Waals surface area (Å²) >= 11 is 1.11. The number of rotatable bonds is 4. The first-order valence-corrected chi connectivity index (χ1v) is 10.6. The Morgan fingerprint density at radius 3 is 2.37 bits per heavy atom. The van der Waals surface area contributed by atoms with E-state index in [1.54, 1.807) is 24.3 Å². The van der Waals surface area contributed by atoms with Gasteiger partial charge >= 0.3 is 0 Å². The minimum atomic E-state index is -0.691. The van der Waals surface area contributed by atoms with Gasteiger partial charge in [0.05, 0.1) is 34.9 Å². The lowest BCUT2D eigenvalue weighted by molar-refractivity contribution is -0.122. The minimum Gasteiger partial charge on any atom is -0.494 e. The number of fused-ring (bicyclic) bond motifs is 1. The van der Waals surface area contributed by atoms with Gasteiger partial charge in [-0.1, -0.05) is 41.6 Å². The second-order valence-electron chi connectivity index (χ2n) is 7.28. The molecule has 2 aromatic rings. The fourth-order valence-corrected chi connectivity index (χ4v) is 5.23. The summed E-state index contributed by atoms with van der Waals surface area (Å²) in [7, 11) is 0. The number of carbonyl (C=O) groups is 2. The van der Waals surface area contributed by atoms with E-state index in [-0.39, 0.29) is 11.8 Å². The van der Waals surface area contributed by atoms with Gasteiger partial charge in [-0.05, 0) is 43.7 Å². The van der Waals surface area contributed by atoms with E-state index in [2.05, 4.69) is 6.07 Å². The Morgan fingerprint density at radius 1 is 1.10 bits per heavy atom. The van der Waals surface area contributed by atoms with Gasteiger partial charge in [0, 0.05) is 5.92 Å². The first-order valence-electron chi connectivity index (χ1n) is 9.70. The number of carbonyl (C=O) groups excluding carboxylic acids is 2. The molecular formula is C23H21N3O3S. The maximum atomic E-state index is 13.5. The number of aryl methyl sites for hydroxylation is 1. The summed E-state index contributed by atoms with van der Waals surface area (Å²) in [5.74, 6) is -1.17. The van der Waals surface area contributed by atoms with Crippen molar-refractivity contribution in [1.82, 2.24) is 0 Å². The molecule has 2 aromatic carbocycles. The molecule has 0 radical (unpaired) electrons. The summed E-state index contributed by atoms with van der Waals surface area (Å²) in [4.78, 5) is 27.9. The van der Waals surface area contributed by atoms with Crippen molar-refractivity contribution in [3.8, 4) is 11.8 Å². The van der Waals surface area contributed by atoms with Crippen LogP contribution in [0.1, 0.15) is 24.0 Å². The van der Waals surface area contributed by atoms with E-state index in [1.165, 1.54) is 4.90 Å². The highest BCUT2D eigenvalue weighted by Crippen LogP contribution is 2.50. The molecule has 0 unspecified atom stereocenters. The standard InChI is InChI=1S/C23H21N3O3S/c1-3-29-16-10-6-14(7-11-16)18-17(12-24)21(25)30-20-19(18)22(27)26(23(20)28)15-8-4-13(2)5-9-15/h4-11,18-20H,3,25H2,1-2H3/t18-,19-,20-/m1/s1. The third-order valence-corrected chi connectivity index (χ3v) is 6.67. The molecular weight excluding hydrogens is 398 g/mol. The molecule has 4 rings (SSSR count).